The van der Waals surface area contributed by atoms with Crippen LogP contribution in [-0.4, -0.2) is 30.4 Å². The van der Waals surface area contributed by atoms with Crippen molar-refractivity contribution in [2.75, 3.05) is 5.32 Å². The Kier molecular flexibility index (Phi) is 3.51. The molecule has 0 aliphatic carbocycles. The number of carbonyl (C=O) groups is 1. The summed E-state index contributed by atoms with van der Waals surface area (Å²) >= 11 is 0. The van der Waals surface area contributed by atoms with Gasteiger partial charge in [-0.3, -0.25) is 24.3 Å². The molecule has 1 atom stereocenters. The Hall–Kier alpha value is -2.71. The molecule has 20 heavy (non-hydrogen) atoms. The van der Waals surface area contributed by atoms with Gasteiger partial charge in [0.1, 0.15) is 17.9 Å². The number of nitro groups is 1. The molecular weight excluding hydrogens is 264 g/mol. The molecule has 0 saturated heterocycles. The number of rotatable bonds is 4. The summed E-state index contributed by atoms with van der Waals surface area (Å²) in [4.78, 5) is 22.3. The second-order valence-corrected chi connectivity index (χ2v) is 4.38. The SMILES string of the molecule is Cc1nn(C(C)C(=O)Nc2ccn(C)n2)cc1[N+](=O)[O-]. The van der Waals surface area contributed by atoms with Crippen molar-refractivity contribution in [3.63, 3.8) is 0 Å². The van der Waals surface area contributed by atoms with Gasteiger partial charge in [0, 0.05) is 19.3 Å². The number of carbonyl (C=O) groups excluding carboxylic acids is 1. The highest BCUT2D eigenvalue weighted by Crippen LogP contribution is 2.19. The lowest BCUT2D eigenvalue weighted by atomic mass is 10.3. The third-order valence-corrected chi connectivity index (χ3v) is 2.83. The third-order valence-electron chi connectivity index (χ3n) is 2.83. The van der Waals surface area contributed by atoms with Crippen molar-refractivity contribution in [2.45, 2.75) is 19.9 Å². The van der Waals surface area contributed by atoms with E-state index in [1.165, 1.54) is 17.8 Å². The van der Waals surface area contributed by atoms with Crippen LogP contribution in [0.2, 0.25) is 0 Å². The summed E-state index contributed by atoms with van der Waals surface area (Å²) in [5, 5.41) is 21.4. The van der Waals surface area contributed by atoms with Gasteiger partial charge >= 0.3 is 5.69 Å². The van der Waals surface area contributed by atoms with Gasteiger partial charge in [-0.15, -0.1) is 0 Å². The van der Waals surface area contributed by atoms with Gasteiger partial charge in [0.2, 0.25) is 5.91 Å². The van der Waals surface area contributed by atoms with Gasteiger partial charge in [-0.1, -0.05) is 0 Å². The summed E-state index contributed by atoms with van der Waals surface area (Å²) in [5.74, 6) is 0.0730. The maximum atomic E-state index is 12.0. The van der Waals surface area contributed by atoms with Gasteiger partial charge in [-0.05, 0) is 13.8 Å². The first-order valence-corrected chi connectivity index (χ1v) is 5.89. The second kappa shape index (κ2) is 5.11. The monoisotopic (exact) mass is 278 g/mol. The minimum Gasteiger partial charge on any atom is -0.307 e. The normalized spacial score (nSPS) is 12.2. The van der Waals surface area contributed by atoms with Gasteiger partial charge < -0.3 is 5.32 Å². The van der Waals surface area contributed by atoms with Crippen molar-refractivity contribution >= 4 is 17.4 Å². The summed E-state index contributed by atoms with van der Waals surface area (Å²) in [6.45, 7) is 3.13. The first-order chi connectivity index (χ1) is 9.38. The van der Waals surface area contributed by atoms with Crippen LogP contribution < -0.4 is 5.32 Å². The number of nitrogens with one attached hydrogen (secondary N) is 1. The van der Waals surface area contributed by atoms with Crippen LogP contribution in [0.25, 0.3) is 0 Å². The fourth-order valence-corrected chi connectivity index (χ4v) is 1.68. The number of amides is 1. The van der Waals surface area contributed by atoms with Crippen molar-refractivity contribution in [1.29, 1.82) is 0 Å². The zero-order valence-corrected chi connectivity index (χ0v) is 11.3. The number of nitrogens with zero attached hydrogens (tertiary/aromatic N) is 5. The molecule has 106 valence electrons. The summed E-state index contributed by atoms with van der Waals surface area (Å²) in [7, 11) is 1.74. The number of aromatic nitrogens is 4. The van der Waals surface area contributed by atoms with Crippen molar-refractivity contribution in [3.8, 4) is 0 Å². The second-order valence-electron chi connectivity index (χ2n) is 4.38. The Bertz CT molecular complexity index is 659. The molecule has 2 aromatic heterocycles. The van der Waals surface area contributed by atoms with E-state index >= 15 is 0 Å². The molecule has 1 N–H and O–H groups in total. The van der Waals surface area contributed by atoms with Gasteiger partial charge in [-0.2, -0.15) is 10.2 Å². The largest absolute Gasteiger partial charge is 0.309 e. The van der Waals surface area contributed by atoms with E-state index in [0.717, 1.165) is 0 Å². The first kappa shape index (κ1) is 13.7. The topological polar surface area (TPSA) is 108 Å². The minimum atomic E-state index is -0.676. The molecule has 0 aromatic carbocycles. The molecule has 9 nitrogen and oxygen atoms in total. The lowest BCUT2D eigenvalue weighted by Crippen LogP contribution is -2.24. The molecule has 0 bridgehead atoms. The van der Waals surface area contributed by atoms with Crippen molar-refractivity contribution in [3.05, 3.63) is 34.3 Å². The van der Waals surface area contributed by atoms with Gasteiger partial charge in [0.15, 0.2) is 5.82 Å². The Labute approximate surface area is 114 Å². The molecule has 9 heteroatoms. The van der Waals surface area contributed by atoms with E-state index in [0.29, 0.717) is 5.82 Å². The molecule has 2 heterocycles. The lowest BCUT2D eigenvalue weighted by molar-refractivity contribution is -0.385. The lowest BCUT2D eigenvalue weighted by Gasteiger charge is -2.10. The van der Waals surface area contributed by atoms with Crippen molar-refractivity contribution in [1.82, 2.24) is 19.6 Å². The summed E-state index contributed by atoms with van der Waals surface area (Å²) in [6.07, 6.45) is 2.95. The predicted octanol–water partition coefficient (Wildman–Crippen LogP) is 1.03. The van der Waals surface area contributed by atoms with E-state index in [-0.39, 0.29) is 17.3 Å². The quantitative estimate of drug-likeness (QED) is 0.663. The average Bonchev–Trinajstić information content (AvgIpc) is 2.94. The zero-order valence-electron chi connectivity index (χ0n) is 11.3. The zero-order chi connectivity index (χ0) is 14.9. The molecule has 0 aliphatic heterocycles. The molecule has 0 radical (unpaired) electrons. The van der Waals surface area contributed by atoms with E-state index < -0.39 is 11.0 Å². The Morgan fingerprint density at radius 3 is 2.70 bits per heavy atom. The highest BCUT2D eigenvalue weighted by molar-refractivity contribution is 5.92. The van der Waals surface area contributed by atoms with E-state index in [4.69, 9.17) is 0 Å². The van der Waals surface area contributed by atoms with Gasteiger partial charge in [0.25, 0.3) is 0 Å². The van der Waals surface area contributed by atoms with E-state index in [2.05, 4.69) is 15.5 Å². The van der Waals surface area contributed by atoms with E-state index in [1.807, 2.05) is 0 Å². The number of aryl methyl sites for hydroxylation is 2. The molecule has 0 spiro atoms. The average molecular weight is 278 g/mol. The van der Waals surface area contributed by atoms with Crippen LogP contribution in [0.15, 0.2) is 18.5 Å². The molecular formula is C11H14N6O3. The van der Waals surface area contributed by atoms with Crippen LogP contribution in [0.1, 0.15) is 18.7 Å². The van der Waals surface area contributed by atoms with Crippen molar-refractivity contribution < 1.29 is 9.72 Å². The molecule has 0 fully saturated rings. The maximum Gasteiger partial charge on any atom is 0.309 e. The van der Waals surface area contributed by atoms with Crippen LogP contribution in [-0.2, 0) is 11.8 Å². The number of anilines is 1. The smallest absolute Gasteiger partial charge is 0.307 e. The standard InChI is InChI=1S/C11H14N6O3/c1-7-9(17(19)20)6-16(13-7)8(2)11(18)12-10-4-5-15(3)14-10/h4-6,8H,1-3H3,(H,12,14,18). The highest BCUT2D eigenvalue weighted by Gasteiger charge is 2.22. The summed E-state index contributed by atoms with van der Waals surface area (Å²) < 4.78 is 2.83. The number of hydrogen-bond donors (Lipinski definition) is 1. The predicted molar refractivity (Wildman–Crippen MR) is 70.2 cm³/mol. The van der Waals surface area contributed by atoms with Crippen LogP contribution in [0.4, 0.5) is 11.5 Å². The summed E-state index contributed by atoms with van der Waals surface area (Å²) in [5.41, 5.74) is 0.162. The van der Waals surface area contributed by atoms with Gasteiger partial charge in [0.05, 0.1) is 4.92 Å². The molecule has 0 saturated carbocycles. The maximum absolute atomic E-state index is 12.0. The molecule has 2 aromatic rings. The van der Waals surface area contributed by atoms with Crippen LogP contribution in [0.3, 0.4) is 0 Å². The van der Waals surface area contributed by atoms with Crippen LogP contribution >= 0.6 is 0 Å². The highest BCUT2D eigenvalue weighted by atomic mass is 16.6. The van der Waals surface area contributed by atoms with Crippen LogP contribution in [0, 0.1) is 17.0 Å². The molecule has 1 amide bonds. The Balaban J connectivity index is 2.14. The first-order valence-electron chi connectivity index (χ1n) is 5.89. The molecule has 2 rings (SSSR count). The van der Waals surface area contributed by atoms with E-state index in [9.17, 15) is 14.9 Å². The molecule has 0 aliphatic rings. The fraction of sp³-hybridized carbons (Fsp3) is 0.364. The van der Waals surface area contributed by atoms with Crippen molar-refractivity contribution in [2.24, 2.45) is 7.05 Å². The van der Waals surface area contributed by atoms with Crippen LogP contribution in [0.5, 0.6) is 0 Å². The van der Waals surface area contributed by atoms with E-state index in [1.54, 1.807) is 30.9 Å². The Morgan fingerprint density at radius 2 is 2.20 bits per heavy atom. The number of hydrogen-bond acceptors (Lipinski definition) is 5. The third kappa shape index (κ3) is 2.66. The Morgan fingerprint density at radius 1 is 1.50 bits per heavy atom. The minimum absolute atomic E-state index is 0.109. The fourth-order valence-electron chi connectivity index (χ4n) is 1.68. The van der Waals surface area contributed by atoms with Gasteiger partial charge in [-0.25, -0.2) is 0 Å². The summed E-state index contributed by atoms with van der Waals surface area (Å²) in [6, 6.07) is 0.978. The molecule has 1 unspecified atom stereocenters.